The smallest absolute Gasteiger partial charge is 0.408 e. The summed E-state index contributed by atoms with van der Waals surface area (Å²) in [5.74, 6) is -0.342. The number of hydrogen-bond acceptors (Lipinski definition) is 5. The van der Waals surface area contributed by atoms with Gasteiger partial charge in [-0.05, 0) is 23.8 Å². The highest BCUT2D eigenvalue weighted by atomic mass is 16.4. The molecule has 1 saturated heterocycles. The van der Waals surface area contributed by atoms with E-state index in [0.29, 0.717) is 25.2 Å². The third-order valence-corrected chi connectivity index (χ3v) is 5.96. The number of oxazole rings is 1. The fourth-order valence-corrected chi connectivity index (χ4v) is 4.28. The number of aryl methyl sites for hydroxylation is 1. The normalized spacial score (nSPS) is 15.0. The van der Waals surface area contributed by atoms with Crippen molar-refractivity contribution in [1.29, 1.82) is 0 Å². The van der Waals surface area contributed by atoms with Crippen molar-refractivity contribution in [3.8, 4) is 0 Å². The van der Waals surface area contributed by atoms with E-state index in [0.717, 1.165) is 36.1 Å². The molecule has 3 heterocycles. The van der Waals surface area contributed by atoms with E-state index in [1.54, 1.807) is 6.07 Å². The summed E-state index contributed by atoms with van der Waals surface area (Å²) in [7, 11) is 0. The van der Waals surface area contributed by atoms with Crippen LogP contribution < -0.4 is 5.76 Å². The zero-order valence-corrected chi connectivity index (χ0v) is 17.2. The van der Waals surface area contributed by atoms with Gasteiger partial charge in [0.2, 0.25) is 5.91 Å². The van der Waals surface area contributed by atoms with Gasteiger partial charge >= 0.3 is 5.76 Å². The van der Waals surface area contributed by atoms with Crippen LogP contribution in [0.4, 0.5) is 0 Å². The molecule has 7 nitrogen and oxygen atoms in total. The minimum Gasteiger partial charge on any atom is -0.408 e. The number of piperazine rings is 1. The van der Waals surface area contributed by atoms with Gasteiger partial charge in [-0.3, -0.25) is 19.2 Å². The molecule has 0 N–H and O–H groups in total. The lowest BCUT2D eigenvalue weighted by Gasteiger charge is -2.35. The second kappa shape index (κ2) is 8.35. The lowest BCUT2D eigenvalue weighted by molar-refractivity contribution is -0.133. The summed E-state index contributed by atoms with van der Waals surface area (Å²) in [6.45, 7) is 4.19. The van der Waals surface area contributed by atoms with Gasteiger partial charge in [0.05, 0.1) is 11.0 Å². The Bertz CT molecular complexity index is 1280. The minimum atomic E-state index is -0.414. The molecule has 7 heteroatoms. The third-order valence-electron chi connectivity index (χ3n) is 5.96. The van der Waals surface area contributed by atoms with Gasteiger partial charge in [-0.15, -0.1) is 0 Å². The lowest BCUT2D eigenvalue weighted by atomic mass is 10.1. The van der Waals surface area contributed by atoms with E-state index in [2.05, 4.69) is 34.1 Å². The summed E-state index contributed by atoms with van der Waals surface area (Å²) >= 11 is 0. The molecule has 1 amide bonds. The topological polar surface area (TPSA) is 71.6 Å². The van der Waals surface area contributed by atoms with E-state index in [1.807, 2.05) is 35.4 Å². The number of fused-ring (bicyclic) bond motifs is 2. The maximum absolute atomic E-state index is 12.7. The largest absolute Gasteiger partial charge is 0.419 e. The highest BCUT2D eigenvalue weighted by Crippen LogP contribution is 2.19. The van der Waals surface area contributed by atoms with Gasteiger partial charge in [-0.2, -0.15) is 0 Å². The minimum absolute atomic E-state index is 0.0728. The molecule has 2 aromatic carbocycles. The standard InChI is InChI=1S/C24H24N4O3/c29-22(10-12-28-20-8-1-2-9-21(20)31-24(28)30)27-15-13-26(14-16-27)17-19-6-3-5-18-7-4-11-25-23(18)19/h1-9,11H,10,12-17H2. The Kier molecular flexibility index (Phi) is 5.26. The van der Waals surface area contributed by atoms with Crippen molar-refractivity contribution in [1.82, 2.24) is 19.4 Å². The van der Waals surface area contributed by atoms with Crippen molar-refractivity contribution in [2.45, 2.75) is 19.5 Å². The predicted molar refractivity (Wildman–Crippen MR) is 119 cm³/mol. The fraction of sp³-hybridized carbons (Fsp3) is 0.292. The Morgan fingerprint density at radius 2 is 1.77 bits per heavy atom. The second-order valence-corrected chi connectivity index (χ2v) is 7.89. The van der Waals surface area contributed by atoms with Crippen molar-refractivity contribution in [2.75, 3.05) is 26.2 Å². The molecule has 0 radical (unpaired) electrons. The van der Waals surface area contributed by atoms with Gasteiger partial charge < -0.3 is 9.32 Å². The zero-order chi connectivity index (χ0) is 21.2. The van der Waals surface area contributed by atoms with Gasteiger partial charge in [0, 0.05) is 57.3 Å². The molecule has 0 bridgehead atoms. The van der Waals surface area contributed by atoms with Gasteiger partial charge in [0.25, 0.3) is 0 Å². The monoisotopic (exact) mass is 416 g/mol. The highest BCUT2D eigenvalue weighted by molar-refractivity contribution is 5.81. The predicted octanol–water partition coefficient (Wildman–Crippen LogP) is 2.88. The van der Waals surface area contributed by atoms with Crippen LogP contribution in [-0.2, 0) is 17.9 Å². The first-order valence-corrected chi connectivity index (χ1v) is 10.6. The number of amides is 1. The molecule has 1 aliphatic rings. The van der Waals surface area contributed by atoms with Crippen molar-refractivity contribution in [3.05, 3.63) is 76.9 Å². The summed E-state index contributed by atoms with van der Waals surface area (Å²) in [4.78, 5) is 33.6. The van der Waals surface area contributed by atoms with Crippen LogP contribution in [-0.4, -0.2) is 51.4 Å². The molecule has 1 fully saturated rings. The Labute approximate surface area is 179 Å². The van der Waals surface area contributed by atoms with Crippen LogP contribution in [0.2, 0.25) is 0 Å². The lowest BCUT2D eigenvalue weighted by Crippen LogP contribution is -2.48. The molecule has 0 aliphatic carbocycles. The van der Waals surface area contributed by atoms with Crippen LogP contribution in [0.25, 0.3) is 22.0 Å². The molecule has 5 rings (SSSR count). The van der Waals surface area contributed by atoms with Gasteiger partial charge in [0.1, 0.15) is 0 Å². The number of para-hydroxylation sites is 3. The van der Waals surface area contributed by atoms with Crippen molar-refractivity contribution >= 4 is 27.9 Å². The first-order valence-electron chi connectivity index (χ1n) is 10.6. The number of nitrogens with zero attached hydrogens (tertiary/aromatic N) is 4. The fourth-order valence-electron chi connectivity index (χ4n) is 4.28. The van der Waals surface area contributed by atoms with Crippen LogP contribution in [0.3, 0.4) is 0 Å². The van der Waals surface area contributed by atoms with Crippen LogP contribution in [0, 0.1) is 0 Å². The van der Waals surface area contributed by atoms with Crippen molar-refractivity contribution in [2.24, 2.45) is 0 Å². The van der Waals surface area contributed by atoms with Crippen LogP contribution in [0.1, 0.15) is 12.0 Å². The van der Waals surface area contributed by atoms with E-state index in [-0.39, 0.29) is 12.3 Å². The second-order valence-electron chi connectivity index (χ2n) is 7.89. The van der Waals surface area contributed by atoms with E-state index in [9.17, 15) is 9.59 Å². The van der Waals surface area contributed by atoms with Crippen molar-refractivity contribution < 1.29 is 9.21 Å². The summed E-state index contributed by atoms with van der Waals surface area (Å²) in [5.41, 5.74) is 3.54. The third kappa shape index (κ3) is 3.96. The van der Waals surface area contributed by atoms with E-state index >= 15 is 0 Å². The Morgan fingerprint density at radius 1 is 0.968 bits per heavy atom. The summed E-state index contributed by atoms with van der Waals surface area (Å²) in [5, 5.41) is 1.15. The van der Waals surface area contributed by atoms with Crippen LogP contribution in [0.15, 0.2) is 70.0 Å². The summed E-state index contributed by atoms with van der Waals surface area (Å²) < 4.78 is 6.79. The molecule has 1 aliphatic heterocycles. The molecular formula is C24H24N4O3. The molecule has 0 unspecified atom stereocenters. The number of hydrogen-bond donors (Lipinski definition) is 0. The Hall–Kier alpha value is -3.45. The maximum Gasteiger partial charge on any atom is 0.419 e. The highest BCUT2D eigenvalue weighted by Gasteiger charge is 2.22. The molecule has 0 atom stereocenters. The molecule has 158 valence electrons. The van der Waals surface area contributed by atoms with Crippen LogP contribution >= 0.6 is 0 Å². The number of carbonyl (C=O) groups excluding carboxylic acids is 1. The summed E-state index contributed by atoms with van der Waals surface area (Å²) in [6, 6.07) is 17.6. The zero-order valence-electron chi connectivity index (χ0n) is 17.2. The molecule has 4 aromatic rings. The quantitative estimate of drug-likeness (QED) is 0.500. The van der Waals surface area contributed by atoms with Crippen LogP contribution in [0.5, 0.6) is 0 Å². The average Bonchev–Trinajstić information content (AvgIpc) is 3.13. The Morgan fingerprint density at radius 3 is 2.65 bits per heavy atom. The SMILES string of the molecule is O=C(CCn1c(=O)oc2ccccc21)N1CCN(Cc2cccc3cccnc23)CC1. The van der Waals surface area contributed by atoms with E-state index in [1.165, 1.54) is 10.1 Å². The maximum atomic E-state index is 12.7. The number of aromatic nitrogens is 2. The molecular weight excluding hydrogens is 392 g/mol. The number of rotatable bonds is 5. The van der Waals surface area contributed by atoms with E-state index in [4.69, 9.17) is 4.42 Å². The molecule has 2 aromatic heterocycles. The molecule has 0 saturated carbocycles. The average molecular weight is 416 g/mol. The first kappa shape index (κ1) is 19.5. The van der Waals surface area contributed by atoms with Gasteiger partial charge in [-0.1, -0.05) is 36.4 Å². The number of benzene rings is 2. The van der Waals surface area contributed by atoms with Gasteiger partial charge in [0.15, 0.2) is 5.58 Å². The molecule has 0 spiro atoms. The van der Waals surface area contributed by atoms with Gasteiger partial charge in [-0.25, -0.2) is 4.79 Å². The molecule has 31 heavy (non-hydrogen) atoms. The van der Waals surface area contributed by atoms with E-state index < -0.39 is 5.76 Å². The summed E-state index contributed by atoms with van der Waals surface area (Å²) in [6.07, 6.45) is 2.12. The number of pyridine rings is 1. The number of carbonyl (C=O) groups is 1. The van der Waals surface area contributed by atoms with Crippen molar-refractivity contribution in [3.63, 3.8) is 0 Å². The Balaban J connectivity index is 1.18. The first-order chi connectivity index (χ1) is 15.2.